The molecule has 4 fully saturated rings. The molecule has 4 aliphatic carbocycles. The van der Waals surface area contributed by atoms with Crippen molar-refractivity contribution in [1.29, 1.82) is 0 Å². The first-order valence-electron chi connectivity index (χ1n) is 13.4. The summed E-state index contributed by atoms with van der Waals surface area (Å²) in [6, 6.07) is 0. The van der Waals surface area contributed by atoms with Crippen LogP contribution in [0.2, 0.25) is 0 Å². The summed E-state index contributed by atoms with van der Waals surface area (Å²) in [5.74, 6) is 4.28. The van der Waals surface area contributed by atoms with Gasteiger partial charge in [0.05, 0.1) is 11.2 Å². The highest BCUT2D eigenvalue weighted by molar-refractivity contribution is 5.10. The number of aliphatic hydroxyl groups is 2. The average Bonchev–Trinajstić information content (AvgIpc) is 3.03. The van der Waals surface area contributed by atoms with Crippen molar-refractivity contribution < 1.29 is 14.9 Å². The van der Waals surface area contributed by atoms with Gasteiger partial charge in [0.1, 0.15) is 0 Å². The predicted molar refractivity (Wildman–Crippen MR) is 127 cm³/mol. The second kappa shape index (κ2) is 8.58. The van der Waals surface area contributed by atoms with Crippen LogP contribution in [-0.4, -0.2) is 35.1 Å². The maximum atomic E-state index is 10.7. The smallest absolute Gasteiger partial charge is 0.0641 e. The van der Waals surface area contributed by atoms with E-state index in [-0.39, 0.29) is 0 Å². The quantitative estimate of drug-likeness (QED) is 0.490. The summed E-state index contributed by atoms with van der Waals surface area (Å²) in [7, 11) is 1.72. The van der Waals surface area contributed by atoms with Crippen molar-refractivity contribution in [3.05, 3.63) is 0 Å². The monoisotopic (exact) mass is 434 g/mol. The highest BCUT2D eigenvalue weighted by Crippen LogP contribution is 2.68. The first-order chi connectivity index (χ1) is 14.5. The zero-order valence-electron chi connectivity index (χ0n) is 21.1. The second-order valence-corrected chi connectivity index (χ2v) is 13.3. The zero-order valence-corrected chi connectivity index (χ0v) is 21.1. The van der Waals surface area contributed by atoms with Crippen LogP contribution in [0.15, 0.2) is 0 Å². The minimum atomic E-state index is -0.582. The molecule has 4 saturated carbocycles. The average molecular weight is 435 g/mol. The molecule has 180 valence electrons. The fourth-order valence-corrected chi connectivity index (χ4v) is 9.19. The van der Waals surface area contributed by atoms with E-state index in [1.165, 1.54) is 51.4 Å². The third-order valence-corrected chi connectivity index (χ3v) is 11.3. The number of ether oxygens (including phenoxy) is 1. The molecule has 0 spiro atoms. The highest BCUT2D eigenvalue weighted by atomic mass is 16.5. The summed E-state index contributed by atoms with van der Waals surface area (Å²) >= 11 is 0. The predicted octanol–water partition coefficient (Wildman–Crippen LogP) is 6.35. The zero-order chi connectivity index (χ0) is 22.5. The van der Waals surface area contributed by atoms with E-state index in [0.717, 1.165) is 61.7 Å². The Kier molecular flexibility index (Phi) is 6.65. The van der Waals surface area contributed by atoms with Gasteiger partial charge in [-0.05, 0) is 131 Å². The van der Waals surface area contributed by atoms with Gasteiger partial charge in [-0.2, -0.15) is 0 Å². The Labute approximate surface area is 191 Å². The molecule has 0 bridgehead atoms. The van der Waals surface area contributed by atoms with E-state index in [1.54, 1.807) is 7.11 Å². The molecule has 2 N–H and O–H groups in total. The molecule has 0 aromatic carbocycles. The highest BCUT2D eigenvalue weighted by Gasteiger charge is 2.60. The largest absolute Gasteiger partial charge is 0.390 e. The molecule has 0 unspecified atom stereocenters. The molecular weight excluding hydrogens is 384 g/mol. The van der Waals surface area contributed by atoms with E-state index in [2.05, 4.69) is 20.8 Å². The fourth-order valence-electron chi connectivity index (χ4n) is 9.19. The van der Waals surface area contributed by atoms with Crippen molar-refractivity contribution in [1.82, 2.24) is 0 Å². The summed E-state index contributed by atoms with van der Waals surface area (Å²) in [5.41, 5.74) is -0.0294. The molecule has 4 rings (SSSR count). The van der Waals surface area contributed by atoms with Gasteiger partial charge in [-0.1, -0.05) is 20.3 Å². The van der Waals surface area contributed by atoms with Crippen LogP contribution in [0.4, 0.5) is 0 Å². The van der Waals surface area contributed by atoms with E-state index >= 15 is 0 Å². The minimum absolute atomic E-state index is 0.427. The van der Waals surface area contributed by atoms with Crippen LogP contribution in [0.3, 0.4) is 0 Å². The van der Waals surface area contributed by atoms with E-state index in [0.29, 0.717) is 17.4 Å². The van der Waals surface area contributed by atoms with Crippen LogP contribution < -0.4 is 0 Å². The van der Waals surface area contributed by atoms with Crippen molar-refractivity contribution in [2.75, 3.05) is 13.7 Å². The third kappa shape index (κ3) is 4.50. The van der Waals surface area contributed by atoms with Crippen molar-refractivity contribution in [3.8, 4) is 0 Å². The van der Waals surface area contributed by atoms with Crippen molar-refractivity contribution in [2.24, 2.45) is 40.4 Å². The van der Waals surface area contributed by atoms with Crippen molar-refractivity contribution >= 4 is 0 Å². The molecular formula is C28H50O3. The van der Waals surface area contributed by atoms with Crippen LogP contribution in [0.1, 0.15) is 111 Å². The Morgan fingerprint density at radius 1 is 0.903 bits per heavy atom. The van der Waals surface area contributed by atoms with Crippen LogP contribution in [0.25, 0.3) is 0 Å². The van der Waals surface area contributed by atoms with Crippen LogP contribution in [0.5, 0.6) is 0 Å². The van der Waals surface area contributed by atoms with Gasteiger partial charge in [-0.25, -0.2) is 0 Å². The van der Waals surface area contributed by atoms with Gasteiger partial charge < -0.3 is 14.9 Å². The van der Waals surface area contributed by atoms with Gasteiger partial charge >= 0.3 is 0 Å². The molecule has 0 aromatic heterocycles. The first kappa shape index (κ1) is 24.0. The van der Waals surface area contributed by atoms with Gasteiger partial charge in [-0.3, -0.25) is 0 Å². The maximum absolute atomic E-state index is 10.7. The molecule has 0 aromatic rings. The Bertz CT molecular complexity index is 628. The van der Waals surface area contributed by atoms with Gasteiger partial charge in [0.25, 0.3) is 0 Å². The Morgan fingerprint density at radius 3 is 2.39 bits per heavy atom. The summed E-state index contributed by atoms with van der Waals surface area (Å²) in [6.45, 7) is 9.94. The van der Waals surface area contributed by atoms with E-state index in [9.17, 15) is 10.2 Å². The van der Waals surface area contributed by atoms with E-state index < -0.39 is 11.2 Å². The standard InChI is InChI=1S/C28H50O3/c1-25(29,17-18-31-5)13-6-7-20-9-11-23-22-10-8-21-19-26(2,30)15-16-28(21,4)24(22)12-14-27(20,23)3/h20-24,29-30H,6-19H2,1-5H3/t20-,21-,22-,23-,24-,25+,26-,27+,28-/m0/s1. The molecule has 31 heavy (non-hydrogen) atoms. The summed E-state index contributed by atoms with van der Waals surface area (Å²) in [4.78, 5) is 0. The topological polar surface area (TPSA) is 49.7 Å². The lowest BCUT2D eigenvalue weighted by molar-refractivity contribution is -0.146. The number of hydrogen-bond donors (Lipinski definition) is 2. The summed E-state index contributed by atoms with van der Waals surface area (Å²) in [6.07, 6.45) is 15.7. The third-order valence-electron chi connectivity index (χ3n) is 11.3. The van der Waals surface area contributed by atoms with Gasteiger partial charge in [0.15, 0.2) is 0 Å². The maximum Gasteiger partial charge on any atom is 0.0641 e. The van der Waals surface area contributed by atoms with Gasteiger partial charge in [0.2, 0.25) is 0 Å². The van der Waals surface area contributed by atoms with Gasteiger partial charge in [-0.15, -0.1) is 0 Å². The molecule has 0 saturated heterocycles. The first-order valence-corrected chi connectivity index (χ1v) is 13.4. The number of methoxy groups -OCH3 is 1. The normalized spacial score (nSPS) is 49.1. The molecule has 3 nitrogen and oxygen atoms in total. The summed E-state index contributed by atoms with van der Waals surface area (Å²) < 4.78 is 5.18. The van der Waals surface area contributed by atoms with Crippen molar-refractivity contribution in [3.63, 3.8) is 0 Å². The molecule has 0 radical (unpaired) electrons. The van der Waals surface area contributed by atoms with E-state index in [1.807, 2.05) is 6.92 Å². The number of rotatable bonds is 7. The summed E-state index contributed by atoms with van der Waals surface area (Å²) in [5, 5.41) is 21.4. The molecule has 0 amide bonds. The SMILES string of the molecule is COCC[C@](C)(O)CCC[C@H]1CC[C@H]2[C@@H]3CC[C@H]4C[C@@](C)(O)CC[C@]4(C)[C@H]3CC[C@]12C. The fraction of sp³-hybridized carbons (Fsp3) is 1.00. The van der Waals surface area contributed by atoms with Crippen LogP contribution in [0, 0.1) is 40.4 Å². The Balaban J connectivity index is 1.39. The number of fused-ring (bicyclic) bond motifs is 5. The van der Waals surface area contributed by atoms with E-state index in [4.69, 9.17) is 4.74 Å². The molecule has 4 aliphatic rings. The van der Waals surface area contributed by atoms with Crippen LogP contribution in [-0.2, 0) is 4.74 Å². The molecule has 9 atom stereocenters. The van der Waals surface area contributed by atoms with Gasteiger partial charge in [0, 0.05) is 13.7 Å². The second-order valence-electron chi connectivity index (χ2n) is 13.3. The molecule has 0 aliphatic heterocycles. The Morgan fingerprint density at radius 2 is 1.65 bits per heavy atom. The molecule has 0 heterocycles. The lowest BCUT2D eigenvalue weighted by Crippen LogP contribution is -2.55. The molecule has 3 heteroatoms. The Hall–Kier alpha value is -0.120. The lowest BCUT2D eigenvalue weighted by atomic mass is 9.44. The number of hydrogen-bond acceptors (Lipinski definition) is 3. The lowest BCUT2D eigenvalue weighted by Gasteiger charge is -2.62. The van der Waals surface area contributed by atoms with Crippen LogP contribution >= 0.6 is 0 Å². The minimum Gasteiger partial charge on any atom is -0.390 e. The van der Waals surface area contributed by atoms with Crippen molar-refractivity contribution in [2.45, 2.75) is 122 Å².